The van der Waals surface area contributed by atoms with E-state index < -0.39 is 12.3 Å². The summed E-state index contributed by atoms with van der Waals surface area (Å²) in [6.07, 6.45) is -0.255. The Morgan fingerprint density at radius 1 is 1.11 bits per heavy atom. The summed E-state index contributed by atoms with van der Waals surface area (Å²) >= 11 is 0. The van der Waals surface area contributed by atoms with E-state index in [-0.39, 0.29) is 39.9 Å². The average Bonchev–Trinajstić information content (AvgIpc) is 3.52. The molecule has 1 aliphatic heterocycles. The monoisotopic (exact) mass is 495 g/mol. The lowest BCUT2D eigenvalue weighted by Gasteiger charge is -2.27. The highest BCUT2D eigenvalue weighted by Gasteiger charge is 2.27. The summed E-state index contributed by atoms with van der Waals surface area (Å²) < 4.78 is 35.5. The lowest BCUT2D eigenvalue weighted by molar-refractivity contribution is 0.0295. The second-order valence-corrected chi connectivity index (χ2v) is 8.11. The molecule has 3 aromatic heterocycles. The summed E-state index contributed by atoms with van der Waals surface area (Å²) in [7, 11) is 0. The molecule has 0 bridgehead atoms. The van der Waals surface area contributed by atoms with Gasteiger partial charge < -0.3 is 15.0 Å². The molecule has 0 atom stereocenters. The van der Waals surface area contributed by atoms with Gasteiger partial charge in [-0.05, 0) is 13.0 Å². The molecule has 2 amide bonds. The number of alkyl halides is 2. The second-order valence-electron chi connectivity index (χ2n) is 8.11. The van der Waals surface area contributed by atoms with Crippen molar-refractivity contribution < 1.29 is 23.1 Å². The summed E-state index contributed by atoms with van der Waals surface area (Å²) in [6.45, 7) is 3.96. The van der Waals surface area contributed by atoms with Gasteiger partial charge in [-0.1, -0.05) is 30.3 Å². The zero-order chi connectivity index (χ0) is 25.2. The maximum Gasteiger partial charge on any atom is 0.280 e. The number of anilines is 1. The van der Waals surface area contributed by atoms with Gasteiger partial charge in [0.05, 0.1) is 37.0 Å². The fourth-order valence-corrected chi connectivity index (χ4v) is 4.11. The Hall–Kier alpha value is -4.19. The van der Waals surface area contributed by atoms with E-state index in [0.717, 1.165) is 4.52 Å². The van der Waals surface area contributed by atoms with Crippen LogP contribution >= 0.6 is 0 Å². The number of halogens is 2. The van der Waals surface area contributed by atoms with Crippen LogP contribution in [0.4, 0.5) is 14.5 Å². The highest BCUT2D eigenvalue weighted by atomic mass is 19.3. The fourth-order valence-electron chi connectivity index (χ4n) is 4.11. The summed E-state index contributed by atoms with van der Waals surface area (Å²) in [5.41, 5.74) is 0.935. The number of aryl methyl sites for hydroxylation is 1. The third kappa shape index (κ3) is 4.31. The predicted octanol–water partition coefficient (Wildman–Crippen LogP) is 3.28. The van der Waals surface area contributed by atoms with Gasteiger partial charge >= 0.3 is 0 Å². The van der Waals surface area contributed by atoms with E-state index in [9.17, 15) is 18.4 Å². The number of ether oxygens (including phenoxy) is 1. The number of nitrogens with one attached hydrogen (secondary N) is 1. The number of hydrogen-bond acceptors (Lipinski definition) is 6. The number of benzene rings is 1. The van der Waals surface area contributed by atoms with Crippen molar-refractivity contribution in [3.63, 3.8) is 0 Å². The van der Waals surface area contributed by atoms with Gasteiger partial charge in [0.1, 0.15) is 17.0 Å². The number of amides is 2. The van der Waals surface area contributed by atoms with Crippen LogP contribution in [0.3, 0.4) is 0 Å². The first-order valence-electron chi connectivity index (χ1n) is 11.4. The van der Waals surface area contributed by atoms with Crippen molar-refractivity contribution in [1.29, 1.82) is 0 Å². The Morgan fingerprint density at radius 3 is 2.56 bits per heavy atom. The minimum absolute atomic E-state index is 0.0105. The molecule has 0 spiro atoms. The molecule has 5 rings (SSSR count). The minimum Gasteiger partial charge on any atom is -0.378 e. The highest BCUT2D eigenvalue weighted by Crippen LogP contribution is 2.27. The molecule has 10 nitrogen and oxygen atoms in total. The molecule has 186 valence electrons. The smallest absolute Gasteiger partial charge is 0.280 e. The number of carbonyl (C=O) groups excluding carboxylic acids is 2. The van der Waals surface area contributed by atoms with E-state index in [1.165, 1.54) is 23.1 Å². The van der Waals surface area contributed by atoms with Crippen LogP contribution in [-0.4, -0.2) is 67.4 Å². The van der Waals surface area contributed by atoms with Gasteiger partial charge in [-0.2, -0.15) is 10.2 Å². The summed E-state index contributed by atoms with van der Waals surface area (Å²) in [6, 6.07) is 10.1. The van der Waals surface area contributed by atoms with E-state index in [4.69, 9.17) is 4.74 Å². The lowest BCUT2D eigenvalue weighted by atomic mass is 10.1. The van der Waals surface area contributed by atoms with Crippen LogP contribution in [0.25, 0.3) is 16.9 Å². The summed E-state index contributed by atoms with van der Waals surface area (Å²) in [4.78, 5) is 32.6. The van der Waals surface area contributed by atoms with E-state index in [1.54, 1.807) is 35.2 Å². The number of aromatic nitrogens is 5. The van der Waals surface area contributed by atoms with Crippen LogP contribution in [0.1, 0.15) is 39.9 Å². The van der Waals surface area contributed by atoms with Crippen molar-refractivity contribution in [3.05, 3.63) is 65.7 Å². The van der Waals surface area contributed by atoms with Gasteiger partial charge in [0.15, 0.2) is 5.65 Å². The van der Waals surface area contributed by atoms with Crippen LogP contribution in [0, 0.1) is 0 Å². The molecule has 0 saturated carbocycles. The van der Waals surface area contributed by atoms with Gasteiger partial charge in [-0.25, -0.2) is 18.3 Å². The van der Waals surface area contributed by atoms with E-state index in [0.29, 0.717) is 38.4 Å². The third-order valence-electron chi connectivity index (χ3n) is 5.93. The number of morpholine rings is 1. The molecule has 0 aliphatic carbocycles. The third-order valence-corrected chi connectivity index (χ3v) is 5.93. The first-order chi connectivity index (χ1) is 17.5. The first-order valence-corrected chi connectivity index (χ1v) is 11.4. The van der Waals surface area contributed by atoms with Crippen LogP contribution < -0.4 is 5.32 Å². The topological polar surface area (TPSA) is 107 Å². The predicted molar refractivity (Wildman–Crippen MR) is 126 cm³/mol. The standard InChI is InChI=1S/C24H23F2N7O3/c1-2-32-20(24(35)31-8-10-36-11-9-31)18(14-27-32)30-23(34)16-13-28-33-19(21(25)26)12-17(29-22(16)33)15-6-4-3-5-7-15/h3-7,12-14,21H,2,8-11H2,1H3,(H,30,34). The van der Waals surface area contributed by atoms with Gasteiger partial charge in [-0.3, -0.25) is 14.3 Å². The van der Waals surface area contributed by atoms with Crippen LogP contribution in [0.2, 0.25) is 0 Å². The zero-order valence-electron chi connectivity index (χ0n) is 19.4. The lowest BCUT2D eigenvalue weighted by Crippen LogP contribution is -2.41. The maximum absolute atomic E-state index is 13.9. The summed E-state index contributed by atoms with van der Waals surface area (Å²) in [5.74, 6) is -0.924. The van der Waals surface area contributed by atoms with Gasteiger partial charge in [0.2, 0.25) is 0 Å². The van der Waals surface area contributed by atoms with Crippen molar-refractivity contribution in [2.45, 2.75) is 19.9 Å². The first kappa shape index (κ1) is 23.5. The van der Waals surface area contributed by atoms with Gasteiger partial charge in [-0.15, -0.1) is 0 Å². The normalized spacial score (nSPS) is 13.9. The quantitative estimate of drug-likeness (QED) is 0.440. The van der Waals surface area contributed by atoms with Crippen LogP contribution in [0.15, 0.2) is 48.8 Å². The largest absolute Gasteiger partial charge is 0.378 e. The molecule has 1 N–H and O–H groups in total. The van der Waals surface area contributed by atoms with E-state index in [1.807, 2.05) is 6.92 Å². The van der Waals surface area contributed by atoms with Crippen molar-refractivity contribution in [2.75, 3.05) is 31.6 Å². The van der Waals surface area contributed by atoms with Gasteiger partial charge in [0, 0.05) is 25.2 Å². The van der Waals surface area contributed by atoms with E-state index in [2.05, 4.69) is 20.5 Å². The molecule has 0 unspecified atom stereocenters. The van der Waals surface area contributed by atoms with E-state index >= 15 is 0 Å². The van der Waals surface area contributed by atoms with Crippen molar-refractivity contribution >= 4 is 23.1 Å². The van der Waals surface area contributed by atoms with Crippen molar-refractivity contribution in [1.82, 2.24) is 29.3 Å². The summed E-state index contributed by atoms with van der Waals surface area (Å²) in [5, 5.41) is 10.9. The molecule has 1 aromatic carbocycles. The minimum atomic E-state index is -2.84. The molecular formula is C24H23F2N7O3. The Bertz CT molecular complexity index is 1410. The van der Waals surface area contributed by atoms with Gasteiger partial charge in [0.25, 0.3) is 18.2 Å². The van der Waals surface area contributed by atoms with Crippen LogP contribution in [0.5, 0.6) is 0 Å². The molecule has 1 saturated heterocycles. The van der Waals surface area contributed by atoms with Crippen LogP contribution in [-0.2, 0) is 11.3 Å². The number of nitrogens with zero attached hydrogens (tertiary/aromatic N) is 6. The molecule has 4 aromatic rings. The molecule has 0 radical (unpaired) electrons. The maximum atomic E-state index is 13.9. The van der Waals surface area contributed by atoms with Crippen molar-refractivity contribution in [3.8, 4) is 11.3 Å². The number of hydrogen-bond donors (Lipinski definition) is 1. The molecule has 12 heteroatoms. The average molecular weight is 495 g/mol. The fraction of sp³-hybridized carbons (Fsp3) is 0.292. The Labute approximate surface area is 204 Å². The molecule has 4 heterocycles. The molecule has 1 fully saturated rings. The number of carbonyl (C=O) groups is 2. The Kier molecular flexibility index (Phi) is 6.42. The molecular weight excluding hydrogens is 472 g/mol. The SMILES string of the molecule is CCn1ncc(NC(=O)c2cnn3c(C(F)F)cc(-c4ccccc4)nc23)c1C(=O)N1CCOCC1. The Morgan fingerprint density at radius 2 is 1.86 bits per heavy atom. The zero-order valence-corrected chi connectivity index (χ0v) is 19.4. The number of fused-ring (bicyclic) bond motifs is 1. The Balaban J connectivity index is 1.52. The number of rotatable bonds is 6. The molecule has 36 heavy (non-hydrogen) atoms. The highest BCUT2D eigenvalue weighted by molar-refractivity contribution is 6.11. The van der Waals surface area contributed by atoms with Crippen molar-refractivity contribution in [2.24, 2.45) is 0 Å². The second kappa shape index (κ2) is 9.82. The molecule has 1 aliphatic rings.